The van der Waals surface area contributed by atoms with E-state index in [4.69, 9.17) is 9.47 Å². The lowest BCUT2D eigenvalue weighted by Crippen LogP contribution is -2.05. The zero-order valence-electron chi connectivity index (χ0n) is 15.0. The van der Waals surface area contributed by atoms with Crippen molar-refractivity contribution in [2.24, 2.45) is 0 Å². The van der Waals surface area contributed by atoms with Crippen molar-refractivity contribution in [2.45, 2.75) is 20.1 Å². The average Bonchev–Trinajstić information content (AvgIpc) is 2.66. The second-order valence-corrected chi connectivity index (χ2v) is 6.09. The Balaban J connectivity index is 1.75. The Labute approximate surface area is 153 Å². The van der Waals surface area contributed by atoms with Crippen LogP contribution in [-0.2, 0) is 13.2 Å². The summed E-state index contributed by atoms with van der Waals surface area (Å²) in [6.07, 6.45) is 0. The molecule has 0 aliphatic carbocycles. The molecule has 3 aromatic carbocycles. The number of rotatable bonds is 7. The van der Waals surface area contributed by atoms with Gasteiger partial charge in [-0.3, -0.25) is 0 Å². The van der Waals surface area contributed by atoms with Gasteiger partial charge in [0.1, 0.15) is 12.4 Å². The summed E-state index contributed by atoms with van der Waals surface area (Å²) in [5.41, 5.74) is 4.12. The first kappa shape index (κ1) is 17.8. The molecule has 3 nitrogen and oxygen atoms in total. The van der Waals surface area contributed by atoms with E-state index in [1.54, 1.807) is 19.2 Å². The highest BCUT2D eigenvalue weighted by atomic mass is 19.1. The molecular formula is C22H22FNO2. The maximum atomic E-state index is 13.0. The predicted molar refractivity (Wildman–Crippen MR) is 102 cm³/mol. The van der Waals surface area contributed by atoms with Crippen LogP contribution in [0.1, 0.15) is 16.7 Å². The fourth-order valence-electron chi connectivity index (χ4n) is 2.75. The van der Waals surface area contributed by atoms with Crippen molar-refractivity contribution in [3.05, 3.63) is 89.2 Å². The summed E-state index contributed by atoms with van der Waals surface area (Å²) >= 11 is 0. The molecule has 0 saturated heterocycles. The molecule has 0 bridgehead atoms. The molecule has 3 aromatic rings. The van der Waals surface area contributed by atoms with E-state index in [1.165, 1.54) is 17.7 Å². The van der Waals surface area contributed by atoms with Gasteiger partial charge < -0.3 is 14.8 Å². The van der Waals surface area contributed by atoms with Crippen molar-refractivity contribution in [2.75, 3.05) is 12.4 Å². The van der Waals surface area contributed by atoms with Crippen molar-refractivity contribution < 1.29 is 13.9 Å². The lowest BCUT2D eigenvalue weighted by atomic mass is 10.1. The minimum absolute atomic E-state index is 0.251. The van der Waals surface area contributed by atoms with Gasteiger partial charge in [0.2, 0.25) is 0 Å². The van der Waals surface area contributed by atoms with Crippen LogP contribution in [0.15, 0.2) is 66.7 Å². The molecular weight excluding hydrogens is 329 g/mol. The number of methoxy groups -OCH3 is 1. The van der Waals surface area contributed by atoms with Crippen LogP contribution < -0.4 is 14.8 Å². The molecule has 0 atom stereocenters. The summed E-state index contributed by atoms with van der Waals surface area (Å²) < 4.78 is 24.6. The van der Waals surface area contributed by atoms with Gasteiger partial charge in [0.25, 0.3) is 0 Å². The topological polar surface area (TPSA) is 30.5 Å². The third kappa shape index (κ3) is 4.54. The molecule has 0 unspecified atom stereocenters. The van der Waals surface area contributed by atoms with Gasteiger partial charge in [0, 0.05) is 17.8 Å². The standard InChI is InChI=1S/C22H22FNO2/c1-16-5-3-6-17(13-16)15-26-22-18(7-4-8-21(22)25-2)14-24-20-11-9-19(23)10-12-20/h3-13,24H,14-15H2,1-2H3. The monoisotopic (exact) mass is 351 g/mol. The van der Waals surface area contributed by atoms with Crippen LogP contribution in [0, 0.1) is 12.7 Å². The van der Waals surface area contributed by atoms with Gasteiger partial charge in [-0.1, -0.05) is 42.0 Å². The number of aryl methyl sites for hydroxylation is 1. The zero-order valence-corrected chi connectivity index (χ0v) is 15.0. The number of hydrogen-bond donors (Lipinski definition) is 1. The number of nitrogens with one attached hydrogen (secondary N) is 1. The smallest absolute Gasteiger partial charge is 0.166 e. The first-order valence-electron chi connectivity index (χ1n) is 8.49. The van der Waals surface area contributed by atoms with Gasteiger partial charge in [-0.25, -0.2) is 4.39 Å². The van der Waals surface area contributed by atoms with Crippen LogP contribution in [0.2, 0.25) is 0 Å². The minimum atomic E-state index is -0.251. The molecule has 0 spiro atoms. The van der Waals surface area contributed by atoms with E-state index in [9.17, 15) is 4.39 Å². The Morgan fingerprint density at radius 1 is 0.962 bits per heavy atom. The van der Waals surface area contributed by atoms with Gasteiger partial charge in [-0.2, -0.15) is 0 Å². The highest BCUT2D eigenvalue weighted by Gasteiger charge is 2.11. The first-order valence-corrected chi connectivity index (χ1v) is 8.49. The van der Waals surface area contributed by atoms with Crippen molar-refractivity contribution in [3.8, 4) is 11.5 Å². The van der Waals surface area contributed by atoms with E-state index in [1.807, 2.05) is 30.3 Å². The van der Waals surface area contributed by atoms with Crippen molar-refractivity contribution in [3.63, 3.8) is 0 Å². The summed E-state index contributed by atoms with van der Waals surface area (Å²) in [7, 11) is 1.63. The molecule has 0 aromatic heterocycles. The van der Waals surface area contributed by atoms with Crippen LogP contribution in [0.4, 0.5) is 10.1 Å². The van der Waals surface area contributed by atoms with E-state index in [0.29, 0.717) is 24.7 Å². The second-order valence-electron chi connectivity index (χ2n) is 6.09. The van der Waals surface area contributed by atoms with E-state index in [0.717, 1.165) is 16.8 Å². The van der Waals surface area contributed by atoms with E-state index < -0.39 is 0 Å². The molecule has 0 heterocycles. The fourth-order valence-corrected chi connectivity index (χ4v) is 2.75. The Kier molecular flexibility index (Phi) is 5.74. The molecule has 0 amide bonds. The van der Waals surface area contributed by atoms with Gasteiger partial charge in [0.15, 0.2) is 11.5 Å². The summed E-state index contributed by atoms with van der Waals surface area (Å²) in [4.78, 5) is 0. The third-order valence-corrected chi connectivity index (χ3v) is 4.07. The molecule has 0 aliphatic heterocycles. The van der Waals surface area contributed by atoms with E-state index in [-0.39, 0.29) is 5.82 Å². The van der Waals surface area contributed by atoms with Crippen LogP contribution in [0.5, 0.6) is 11.5 Å². The van der Waals surface area contributed by atoms with Gasteiger partial charge in [-0.15, -0.1) is 0 Å². The van der Waals surface area contributed by atoms with Crippen molar-refractivity contribution in [1.29, 1.82) is 0 Å². The summed E-state index contributed by atoms with van der Waals surface area (Å²) in [5, 5.41) is 3.28. The van der Waals surface area contributed by atoms with Crippen LogP contribution >= 0.6 is 0 Å². The first-order chi connectivity index (χ1) is 12.7. The van der Waals surface area contributed by atoms with Gasteiger partial charge in [0.05, 0.1) is 7.11 Å². The molecule has 1 N–H and O–H groups in total. The maximum absolute atomic E-state index is 13.0. The highest BCUT2D eigenvalue weighted by molar-refractivity contribution is 5.50. The van der Waals surface area contributed by atoms with Crippen LogP contribution in [0.25, 0.3) is 0 Å². The molecule has 0 fully saturated rings. The lowest BCUT2D eigenvalue weighted by molar-refractivity contribution is 0.281. The summed E-state index contributed by atoms with van der Waals surface area (Å²) in [5.74, 6) is 1.15. The summed E-state index contributed by atoms with van der Waals surface area (Å²) in [6.45, 7) is 3.07. The quantitative estimate of drug-likeness (QED) is 0.624. The summed E-state index contributed by atoms with van der Waals surface area (Å²) in [6, 6.07) is 20.3. The molecule has 4 heteroatoms. The SMILES string of the molecule is COc1cccc(CNc2ccc(F)cc2)c1OCc1cccc(C)c1. The average molecular weight is 351 g/mol. The number of ether oxygens (including phenoxy) is 2. The molecule has 134 valence electrons. The normalized spacial score (nSPS) is 10.4. The van der Waals surface area contributed by atoms with Crippen molar-refractivity contribution in [1.82, 2.24) is 0 Å². The Morgan fingerprint density at radius 3 is 2.46 bits per heavy atom. The molecule has 3 rings (SSSR count). The molecule has 26 heavy (non-hydrogen) atoms. The Hall–Kier alpha value is -3.01. The van der Waals surface area contributed by atoms with Gasteiger partial charge >= 0.3 is 0 Å². The number of benzene rings is 3. The second kappa shape index (κ2) is 8.39. The number of halogens is 1. The predicted octanol–water partition coefficient (Wildman–Crippen LogP) is 5.33. The number of para-hydroxylation sites is 1. The lowest BCUT2D eigenvalue weighted by Gasteiger charge is -2.16. The fraction of sp³-hybridized carbons (Fsp3) is 0.182. The molecule has 0 saturated carbocycles. The van der Waals surface area contributed by atoms with Crippen molar-refractivity contribution >= 4 is 5.69 Å². The largest absolute Gasteiger partial charge is 0.493 e. The molecule has 0 radical (unpaired) electrons. The number of hydrogen-bond acceptors (Lipinski definition) is 3. The van der Waals surface area contributed by atoms with Crippen LogP contribution in [0.3, 0.4) is 0 Å². The Morgan fingerprint density at radius 2 is 1.73 bits per heavy atom. The van der Waals surface area contributed by atoms with E-state index >= 15 is 0 Å². The minimum Gasteiger partial charge on any atom is -0.493 e. The zero-order chi connectivity index (χ0) is 18.4. The molecule has 0 aliphatic rings. The third-order valence-electron chi connectivity index (χ3n) is 4.07. The Bertz CT molecular complexity index is 862. The van der Waals surface area contributed by atoms with Gasteiger partial charge in [-0.05, 0) is 42.8 Å². The maximum Gasteiger partial charge on any atom is 0.166 e. The number of anilines is 1. The van der Waals surface area contributed by atoms with E-state index in [2.05, 4.69) is 24.4 Å². The van der Waals surface area contributed by atoms with Crippen LogP contribution in [-0.4, -0.2) is 7.11 Å². The highest BCUT2D eigenvalue weighted by Crippen LogP contribution is 2.32.